The number of aromatic nitrogens is 2. The quantitative estimate of drug-likeness (QED) is 0.265. The Morgan fingerprint density at radius 3 is 2.76 bits per heavy atom. The Hall–Kier alpha value is -3.77. The molecule has 3 aromatic rings. The molecule has 0 spiro atoms. The van der Waals surface area contributed by atoms with Gasteiger partial charge in [-0.1, -0.05) is 46.3 Å². The van der Waals surface area contributed by atoms with Gasteiger partial charge in [-0.05, 0) is 18.2 Å². The Bertz CT molecular complexity index is 1180. The van der Waals surface area contributed by atoms with Crippen molar-refractivity contribution in [2.24, 2.45) is 5.10 Å². The van der Waals surface area contributed by atoms with E-state index >= 15 is 0 Å². The summed E-state index contributed by atoms with van der Waals surface area (Å²) < 4.78 is 5.78. The maximum absolute atomic E-state index is 12.2. The maximum Gasteiger partial charge on any atom is 0.308 e. The van der Waals surface area contributed by atoms with Gasteiger partial charge in [-0.3, -0.25) is 14.6 Å². The second kappa shape index (κ2) is 8.95. The van der Waals surface area contributed by atoms with Crippen molar-refractivity contribution in [3.8, 4) is 23.1 Å². The highest BCUT2D eigenvalue weighted by molar-refractivity contribution is 9.10. The van der Waals surface area contributed by atoms with E-state index in [1.165, 1.54) is 13.1 Å². The smallest absolute Gasteiger partial charge is 0.308 e. The van der Waals surface area contributed by atoms with Gasteiger partial charge in [0.1, 0.15) is 17.4 Å². The maximum atomic E-state index is 12.2. The summed E-state index contributed by atoms with van der Waals surface area (Å²) in [5, 5.41) is 13.4. The van der Waals surface area contributed by atoms with E-state index < -0.39 is 11.5 Å². The number of nitriles is 1. The highest BCUT2D eigenvalue weighted by Crippen LogP contribution is 2.22. The zero-order chi connectivity index (χ0) is 20.8. The monoisotopic (exact) mass is 451 g/mol. The van der Waals surface area contributed by atoms with Crippen LogP contribution in [0.1, 0.15) is 18.1 Å². The molecule has 3 rings (SSSR count). The van der Waals surface area contributed by atoms with Gasteiger partial charge in [0.05, 0.1) is 11.9 Å². The molecule has 144 valence electrons. The summed E-state index contributed by atoms with van der Waals surface area (Å²) in [6, 6.07) is 15.8. The van der Waals surface area contributed by atoms with Crippen LogP contribution in [0.4, 0.5) is 5.95 Å². The van der Waals surface area contributed by atoms with Crippen LogP contribution in [0.25, 0.3) is 11.3 Å². The third kappa shape index (κ3) is 4.94. The van der Waals surface area contributed by atoms with E-state index in [-0.39, 0.29) is 17.2 Å². The molecule has 1 heterocycles. The minimum absolute atomic E-state index is 0.0800. The summed E-state index contributed by atoms with van der Waals surface area (Å²) in [5.41, 5.74) is 3.52. The zero-order valence-corrected chi connectivity index (χ0v) is 16.7. The van der Waals surface area contributed by atoms with Crippen LogP contribution < -0.4 is 15.7 Å². The number of anilines is 1. The van der Waals surface area contributed by atoms with Gasteiger partial charge in [-0.2, -0.15) is 10.4 Å². The number of rotatable bonds is 5. The largest absolute Gasteiger partial charge is 0.427 e. The lowest BCUT2D eigenvalue weighted by Gasteiger charge is -2.06. The summed E-state index contributed by atoms with van der Waals surface area (Å²) >= 11 is 3.39. The Morgan fingerprint density at radius 1 is 1.31 bits per heavy atom. The molecular formula is C20H14BrN5O3. The number of hydrogen-bond donors (Lipinski definition) is 2. The van der Waals surface area contributed by atoms with Gasteiger partial charge >= 0.3 is 5.97 Å². The topological polar surface area (TPSA) is 120 Å². The lowest BCUT2D eigenvalue weighted by molar-refractivity contribution is -0.131. The molecule has 9 heteroatoms. The number of benzene rings is 2. The molecule has 0 aliphatic rings. The van der Waals surface area contributed by atoms with Gasteiger partial charge in [0.25, 0.3) is 5.56 Å². The molecule has 0 bridgehead atoms. The Labute approximate surface area is 174 Å². The summed E-state index contributed by atoms with van der Waals surface area (Å²) in [4.78, 5) is 30.1. The van der Waals surface area contributed by atoms with E-state index in [0.717, 1.165) is 4.47 Å². The molecule has 1 aromatic heterocycles. The molecule has 0 saturated carbocycles. The van der Waals surface area contributed by atoms with Crippen molar-refractivity contribution in [1.82, 2.24) is 9.97 Å². The fourth-order valence-electron chi connectivity index (χ4n) is 2.45. The third-order valence-corrected chi connectivity index (χ3v) is 4.40. The number of nitrogens with one attached hydrogen (secondary N) is 2. The van der Waals surface area contributed by atoms with Gasteiger partial charge in [0, 0.05) is 22.5 Å². The molecule has 0 fully saturated rings. The van der Waals surface area contributed by atoms with Crippen LogP contribution in [0.5, 0.6) is 5.75 Å². The fourth-order valence-corrected chi connectivity index (χ4v) is 2.80. The minimum atomic E-state index is -0.572. The standard InChI is InChI=1S/C20H14BrN5O3/c1-12(27)29-15-7-8-17(21)14(9-15)11-23-26-20-24-18(13-5-3-2-4-6-13)16(10-22)19(28)25-20/h2-9,11H,1H3,(H2,24,25,26,28). The molecule has 0 aliphatic heterocycles. The number of carbonyl (C=O) groups excluding carboxylic acids is 1. The van der Waals surface area contributed by atoms with Crippen molar-refractivity contribution in [3.63, 3.8) is 0 Å². The molecule has 2 aromatic carbocycles. The number of nitrogens with zero attached hydrogens (tertiary/aromatic N) is 3. The third-order valence-electron chi connectivity index (χ3n) is 3.68. The molecule has 29 heavy (non-hydrogen) atoms. The minimum Gasteiger partial charge on any atom is -0.427 e. The van der Waals surface area contributed by atoms with Crippen molar-refractivity contribution in [3.05, 3.63) is 74.5 Å². The van der Waals surface area contributed by atoms with Crippen LogP contribution in [-0.2, 0) is 4.79 Å². The molecule has 0 radical (unpaired) electrons. The molecule has 8 nitrogen and oxygen atoms in total. The number of hydrogen-bond acceptors (Lipinski definition) is 7. The first-order chi connectivity index (χ1) is 14.0. The molecular weight excluding hydrogens is 438 g/mol. The van der Waals surface area contributed by atoms with E-state index in [1.807, 2.05) is 12.1 Å². The van der Waals surface area contributed by atoms with Crippen LogP contribution in [0.3, 0.4) is 0 Å². The van der Waals surface area contributed by atoms with Gasteiger partial charge in [0.15, 0.2) is 0 Å². The number of H-pyrrole nitrogens is 1. The first-order valence-electron chi connectivity index (χ1n) is 8.35. The second-order valence-electron chi connectivity index (χ2n) is 5.76. The van der Waals surface area contributed by atoms with E-state index in [2.05, 4.69) is 36.4 Å². The predicted octanol–water partition coefficient (Wildman–Crippen LogP) is 3.44. The van der Waals surface area contributed by atoms with E-state index in [9.17, 15) is 14.9 Å². The zero-order valence-electron chi connectivity index (χ0n) is 15.1. The molecule has 0 amide bonds. The van der Waals surface area contributed by atoms with Gasteiger partial charge in [-0.25, -0.2) is 10.4 Å². The number of halogens is 1. The highest BCUT2D eigenvalue weighted by atomic mass is 79.9. The van der Waals surface area contributed by atoms with Crippen LogP contribution in [0.15, 0.2) is 62.9 Å². The van der Waals surface area contributed by atoms with Gasteiger partial charge in [-0.15, -0.1) is 0 Å². The lowest BCUT2D eigenvalue weighted by atomic mass is 10.1. The number of ether oxygens (including phenoxy) is 1. The van der Waals surface area contributed by atoms with Crippen molar-refractivity contribution in [1.29, 1.82) is 5.26 Å². The summed E-state index contributed by atoms with van der Waals surface area (Å²) in [5.74, 6) is 0.0240. The fraction of sp³-hybridized carbons (Fsp3) is 0.0500. The van der Waals surface area contributed by atoms with Crippen molar-refractivity contribution < 1.29 is 9.53 Å². The number of aromatic amines is 1. The Balaban J connectivity index is 1.88. The van der Waals surface area contributed by atoms with Crippen LogP contribution in [0.2, 0.25) is 0 Å². The molecule has 0 saturated heterocycles. The van der Waals surface area contributed by atoms with Crippen molar-refractivity contribution in [2.45, 2.75) is 6.92 Å². The average molecular weight is 452 g/mol. The highest BCUT2D eigenvalue weighted by Gasteiger charge is 2.12. The summed E-state index contributed by atoms with van der Waals surface area (Å²) in [7, 11) is 0. The van der Waals surface area contributed by atoms with Crippen molar-refractivity contribution >= 4 is 34.1 Å². The number of hydrazone groups is 1. The summed E-state index contributed by atoms with van der Waals surface area (Å²) in [6.45, 7) is 1.31. The SMILES string of the molecule is CC(=O)Oc1ccc(Br)c(C=NNc2nc(-c3ccccc3)c(C#N)c(=O)[nH]2)c1. The first-order valence-corrected chi connectivity index (χ1v) is 9.14. The number of carbonyl (C=O) groups is 1. The van der Waals surface area contributed by atoms with E-state index in [4.69, 9.17) is 4.74 Å². The Kier molecular flexibility index (Phi) is 6.16. The van der Waals surface area contributed by atoms with Gasteiger partial charge < -0.3 is 4.74 Å². The lowest BCUT2D eigenvalue weighted by Crippen LogP contribution is -2.16. The van der Waals surface area contributed by atoms with E-state index in [0.29, 0.717) is 16.9 Å². The first kappa shape index (κ1) is 20.0. The van der Waals surface area contributed by atoms with Crippen LogP contribution in [-0.4, -0.2) is 22.2 Å². The molecule has 2 N–H and O–H groups in total. The molecule has 0 aliphatic carbocycles. The molecule has 0 atom stereocenters. The van der Waals surface area contributed by atoms with Crippen molar-refractivity contribution in [2.75, 3.05) is 5.43 Å². The Morgan fingerprint density at radius 2 is 2.07 bits per heavy atom. The predicted molar refractivity (Wildman–Crippen MR) is 112 cm³/mol. The van der Waals surface area contributed by atoms with E-state index in [1.54, 1.807) is 42.5 Å². The van der Waals surface area contributed by atoms with Gasteiger partial charge in [0.2, 0.25) is 5.95 Å². The number of esters is 1. The van der Waals surface area contributed by atoms with Crippen LogP contribution >= 0.6 is 15.9 Å². The van der Waals surface area contributed by atoms with Crippen LogP contribution in [0, 0.1) is 11.3 Å². The molecule has 0 unspecified atom stereocenters. The summed E-state index contributed by atoms with van der Waals surface area (Å²) in [6.07, 6.45) is 1.47. The average Bonchev–Trinajstić information content (AvgIpc) is 2.70. The second-order valence-corrected chi connectivity index (χ2v) is 6.62. The normalized spacial score (nSPS) is 10.5.